The molecule has 0 radical (unpaired) electrons. The number of carbonyl (C=O) groups excluding carboxylic acids is 1. The molecule has 1 aliphatic heterocycles. The summed E-state index contributed by atoms with van der Waals surface area (Å²) in [5.74, 6) is 1.39. The molecule has 0 aliphatic carbocycles. The molecule has 2 aromatic rings. The second-order valence-corrected chi connectivity index (χ2v) is 6.31. The van der Waals surface area contributed by atoms with Gasteiger partial charge in [0.25, 0.3) is 0 Å². The zero-order chi connectivity index (χ0) is 17.1. The number of hydrogen-bond acceptors (Lipinski definition) is 5. The Labute approximate surface area is 141 Å². The molecular formula is C17H23N5O2. The summed E-state index contributed by atoms with van der Waals surface area (Å²) in [7, 11) is 1.87. The smallest absolute Gasteiger partial charge is 0.220 e. The van der Waals surface area contributed by atoms with Crippen LogP contribution in [0.2, 0.25) is 0 Å². The zero-order valence-electron chi connectivity index (χ0n) is 14.2. The van der Waals surface area contributed by atoms with Gasteiger partial charge in [-0.2, -0.15) is 10.1 Å². The van der Waals surface area contributed by atoms with Crippen LogP contribution in [0.15, 0.2) is 30.6 Å². The van der Waals surface area contributed by atoms with E-state index in [9.17, 15) is 4.79 Å². The molecule has 3 rings (SSSR count). The van der Waals surface area contributed by atoms with Crippen LogP contribution in [0.1, 0.15) is 38.3 Å². The van der Waals surface area contributed by atoms with Crippen molar-refractivity contribution in [2.45, 2.75) is 44.9 Å². The summed E-state index contributed by atoms with van der Waals surface area (Å²) in [5, 5.41) is 10.7. The number of ether oxygens (including phenoxy) is 1. The van der Waals surface area contributed by atoms with E-state index in [1.54, 1.807) is 10.9 Å². The highest BCUT2D eigenvalue weighted by Crippen LogP contribution is 2.27. The van der Waals surface area contributed by atoms with Crippen LogP contribution in [0.4, 0.5) is 5.82 Å². The summed E-state index contributed by atoms with van der Waals surface area (Å²) < 4.78 is 7.38. The Bertz CT molecular complexity index is 713. The third kappa shape index (κ3) is 3.84. The van der Waals surface area contributed by atoms with Gasteiger partial charge in [-0.3, -0.25) is 9.48 Å². The van der Waals surface area contributed by atoms with Gasteiger partial charge in [-0.1, -0.05) is 6.07 Å². The van der Waals surface area contributed by atoms with Crippen LogP contribution < -0.4 is 15.4 Å². The summed E-state index contributed by atoms with van der Waals surface area (Å²) >= 11 is 0. The van der Waals surface area contributed by atoms with Crippen molar-refractivity contribution in [3.63, 3.8) is 0 Å². The zero-order valence-corrected chi connectivity index (χ0v) is 14.2. The highest BCUT2D eigenvalue weighted by molar-refractivity contribution is 5.77. The summed E-state index contributed by atoms with van der Waals surface area (Å²) in [6.45, 7) is 3.94. The first-order valence-electron chi connectivity index (χ1n) is 8.19. The molecule has 1 fully saturated rings. The van der Waals surface area contributed by atoms with Gasteiger partial charge in [0, 0.05) is 31.3 Å². The van der Waals surface area contributed by atoms with Gasteiger partial charge >= 0.3 is 0 Å². The van der Waals surface area contributed by atoms with Crippen molar-refractivity contribution >= 4 is 11.7 Å². The van der Waals surface area contributed by atoms with Gasteiger partial charge in [0.05, 0.1) is 24.4 Å². The predicted octanol–water partition coefficient (Wildman–Crippen LogP) is 2.03. The lowest BCUT2D eigenvalue weighted by molar-refractivity contribution is -0.123. The van der Waals surface area contributed by atoms with Crippen molar-refractivity contribution in [2.75, 3.05) is 5.32 Å². The van der Waals surface area contributed by atoms with Gasteiger partial charge in [-0.05, 0) is 26.3 Å². The molecule has 24 heavy (non-hydrogen) atoms. The van der Waals surface area contributed by atoms with Crippen LogP contribution >= 0.6 is 0 Å². The highest BCUT2D eigenvalue weighted by atomic mass is 16.5. The normalized spacial score (nSPS) is 20.8. The van der Waals surface area contributed by atoms with Crippen molar-refractivity contribution in [1.82, 2.24) is 20.1 Å². The molecule has 1 saturated heterocycles. The molecule has 0 spiro atoms. The molecule has 2 atom stereocenters. The molecule has 128 valence electrons. The molecule has 2 aromatic heterocycles. The lowest BCUT2D eigenvalue weighted by Gasteiger charge is -2.32. The molecule has 0 aromatic carbocycles. The molecular weight excluding hydrogens is 306 g/mol. The number of pyridine rings is 1. The number of amides is 1. The second kappa shape index (κ2) is 6.90. The molecule has 0 saturated carbocycles. The minimum absolute atomic E-state index is 0.0497. The number of nitrogens with one attached hydrogen (secondary N) is 2. The monoisotopic (exact) mass is 329 g/mol. The quantitative estimate of drug-likeness (QED) is 0.877. The number of carbonyl (C=O) groups is 1. The van der Waals surface area contributed by atoms with E-state index in [0.717, 1.165) is 17.8 Å². The van der Waals surface area contributed by atoms with Crippen molar-refractivity contribution < 1.29 is 9.53 Å². The Hall–Kier alpha value is -2.57. The predicted molar refractivity (Wildman–Crippen MR) is 90.7 cm³/mol. The van der Waals surface area contributed by atoms with Crippen molar-refractivity contribution in [3.05, 3.63) is 36.2 Å². The Morgan fingerprint density at radius 2 is 2.25 bits per heavy atom. The minimum Gasteiger partial charge on any atom is -0.475 e. The number of rotatable bonds is 5. The first-order valence-corrected chi connectivity index (χ1v) is 8.19. The van der Waals surface area contributed by atoms with Gasteiger partial charge < -0.3 is 15.4 Å². The Kier molecular flexibility index (Phi) is 4.69. The van der Waals surface area contributed by atoms with E-state index in [4.69, 9.17) is 4.74 Å². The summed E-state index contributed by atoms with van der Waals surface area (Å²) in [6.07, 6.45) is 5.02. The fraction of sp³-hybridized carbons (Fsp3) is 0.471. The van der Waals surface area contributed by atoms with Crippen molar-refractivity contribution in [3.8, 4) is 5.88 Å². The molecule has 1 aliphatic rings. The maximum absolute atomic E-state index is 11.8. The van der Waals surface area contributed by atoms with Crippen molar-refractivity contribution in [2.24, 2.45) is 7.05 Å². The van der Waals surface area contributed by atoms with Crippen LogP contribution in [-0.2, 0) is 11.8 Å². The van der Waals surface area contributed by atoms with E-state index in [0.29, 0.717) is 12.3 Å². The first kappa shape index (κ1) is 16.3. The minimum atomic E-state index is -0.128. The number of nitrogens with zero attached hydrogens (tertiary/aromatic N) is 3. The summed E-state index contributed by atoms with van der Waals surface area (Å²) in [5.41, 5.74) is 0.984. The first-order chi connectivity index (χ1) is 11.5. The van der Waals surface area contributed by atoms with Crippen molar-refractivity contribution in [1.29, 1.82) is 0 Å². The maximum atomic E-state index is 11.8. The molecule has 2 N–H and O–H groups in total. The number of aryl methyl sites for hydroxylation is 1. The second-order valence-electron chi connectivity index (χ2n) is 6.31. The van der Waals surface area contributed by atoms with Crippen LogP contribution in [-0.4, -0.2) is 32.8 Å². The fourth-order valence-corrected chi connectivity index (χ4v) is 2.86. The Morgan fingerprint density at radius 1 is 1.42 bits per heavy atom. The molecule has 0 unspecified atom stereocenters. The molecule has 7 nitrogen and oxygen atoms in total. The van der Waals surface area contributed by atoms with Crippen LogP contribution in [0.5, 0.6) is 5.88 Å². The van der Waals surface area contributed by atoms with E-state index >= 15 is 0 Å². The highest BCUT2D eigenvalue weighted by Gasteiger charge is 2.31. The van der Waals surface area contributed by atoms with Gasteiger partial charge in [0.1, 0.15) is 5.82 Å². The Morgan fingerprint density at radius 3 is 2.96 bits per heavy atom. The number of piperidine rings is 1. The third-order valence-corrected chi connectivity index (χ3v) is 3.90. The topological polar surface area (TPSA) is 81.1 Å². The van der Waals surface area contributed by atoms with E-state index in [-0.39, 0.29) is 24.1 Å². The third-order valence-electron chi connectivity index (χ3n) is 3.90. The van der Waals surface area contributed by atoms with Gasteiger partial charge in [-0.25, -0.2) is 0 Å². The number of anilines is 1. The van der Waals surface area contributed by atoms with Crippen LogP contribution in [0.25, 0.3) is 0 Å². The number of hydrogen-bond donors (Lipinski definition) is 2. The number of aromatic nitrogens is 3. The summed E-state index contributed by atoms with van der Waals surface area (Å²) in [6, 6.07) is 5.58. The molecule has 7 heteroatoms. The molecule has 3 heterocycles. The van der Waals surface area contributed by atoms with Crippen LogP contribution in [0, 0.1) is 0 Å². The van der Waals surface area contributed by atoms with E-state index in [1.165, 1.54) is 0 Å². The lowest BCUT2D eigenvalue weighted by Crippen LogP contribution is -2.45. The largest absolute Gasteiger partial charge is 0.475 e. The Balaban J connectivity index is 1.78. The molecule has 0 bridgehead atoms. The van der Waals surface area contributed by atoms with E-state index < -0.39 is 0 Å². The summed E-state index contributed by atoms with van der Waals surface area (Å²) in [4.78, 5) is 16.3. The van der Waals surface area contributed by atoms with Gasteiger partial charge in [0.2, 0.25) is 11.8 Å². The SMILES string of the molecule is CC(C)Oc1cccc(N[C@@H]2CCC(=O)N[C@H]2c2cnn(C)c2)n1. The molecule has 1 amide bonds. The average molecular weight is 329 g/mol. The standard InChI is InChI=1S/C17H23N5O2/c1-11(2)24-16-6-4-5-14(20-16)19-13-7-8-15(23)21-17(13)12-9-18-22(3)10-12/h4-6,9-11,13,17H,7-8H2,1-3H3,(H,19,20)(H,21,23)/t13-,17+/m1/s1. The van der Waals surface area contributed by atoms with Gasteiger partial charge in [0.15, 0.2) is 0 Å². The van der Waals surface area contributed by atoms with E-state index in [2.05, 4.69) is 20.7 Å². The fourth-order valence-electron chi connectivity index (χ4n) is 2.86. The van der Waals surface area contributed by atoms with E-state index in [1.807, 2.05) is 45.3 Å². The maximum Gasteiger partial charge on any atom is 0.220 e. The van der Waals surface area contributed by atoms with Crippen LogP contribution in [0.3, 0.4) is 0 Å². The average Bonchev–Trinajstić information content (AvgIpc) is 2.95. The van der Waals surface area contributed by atoms with Gasteiger partial charge in [-0.15, -0.1) is 0 Å². The lowest BCUT2D eigenvalue weighted by atomic mass is 9.94.